The molecule has 1 heterocycles. The average molecular weight is 341 g/mol. The molecule has 0 fully saturated rings. The first-order valence-electron chi connectivity index (χ1n) is 7.23. The Kier molecular flexibility index (Phi) is 4.26. The molecule has 0 radical (unpaired) electrons. The van der Waals surface area contributed by atoms with Gasteiger partial charge in [0.05, 0.1) is 5.69 Å². The smallest absolute Gasteiger partial charge is 0.258 e. The molecular weight excluding hydrogens is 326 g/mol. The van der Waals surface area contributed by atoms with Gasteiger partial charge in [0, 0.05) is 16.8 Å². The number of nitrogens with one attached hydrogen (secondary N) is 1. The SMILES string of the molecule is Cc1ccc(Sc2ccc(-n3c(=O)[nH]c(=O)n(C)c3=O)cc2)cc1. The summed E-state index contributed by atoms with van der Waals surface area (Å²) in [6.45, 7) is 2.03. The number of aryl methyl sites for hydroxylation is 1. The van der Waals surface area contributed by atoms with Crippen molar-refractivity contribution in [2.45, 2.75) is 16.7 Å². The first-order valence-corrected chi connectivity index (χ1v) is 8.05. The predicted molar refractivity (Wildman–Crippen MR) is 93.2 cm³/mol. The van der Waals surface area contributed by atoms with Crippen LogP contribution in [0, 0.1) is 6.92 Å². The fraction of sp³-hybridized carbons (Fsp3) is 0.118. The third-order valence-corrected chi connectivity index (χ3v) is 4.57. The molecule has 0 spiro atoms. The molecule has 3 rings (SSSR count). The number of hydrogen-bond donors (Lipinski definition) is 1. The third-order valence-electron chi connectivity index (χ3n) is 3.55. The third kappa shape index (κ3) is 3.11. The molecule has 122 valence electrons. The maximum atomic E-state index is 12.1. The van der Waals surface area contributed by atoms with E-state index in [-0.39, 0.29) is 0 Å². The molecule has 24 heavy (non-hydrogen) atoms. The van der Waals surface area contributed by atoms with Crippen LogP contribution in [0.15, 0.2) is 72.7 Å². The standard InChI is InChI=1S/C17H15N3O3S/c1-11-3-7-13(8-4-11)24-14-9-5-12(6-10-14)20-16(22)18-15(21)19(2)17(20)23/h3-10H,1-2H3,(H,18,21,22). The van der Waals surface area contributed by atoms with Gasteiger partial charge < -0.3 is 0 Å². The highest BCUT2D eigenvalue weighted by atomic mass is 32.2. The predicted octanol–water partition coefficient (Wildman–Crippen LogP) is 1.68. The number of rotatable bonds is 3. The van der Waals surface area contributed by atoms with Gasteiger partial charge in [0.1, 0.15) is 0 Å². The summed E-state index contributed by atoms with van der Waals surface area (Å²) < 4.78 is 1.79. The Morgan fingerprint density at radius 2 is 1.38 bits per heavy atom. The van der Waals surface area contributed by atoms with Crippen molar-refractivity contribution < 1.29 is 0 Å². The maximum Gasteiger partial charge on any atom is 0.340 e. The zero-order valence-electron chi connectivity index (χ0n) is 13.1. The zero-order chi connectivity index (χ0) is 17.3. The fourth-order valence-electron chi connectivity index (χ4n) is 2.19. The first-order chi connectivity index (χ1) is 11.5. The van der Waals surface area contributed by atoms with Gasteiger partial charge in [0.15, 0.2) is 0 Å². The van der Waals surface area contributed by atoms with E-state index >= 15 is 0 Å². The average Bonchev–Trinajstić information content (AvgIpc) is 2.56. The first kappa shape index (κ1) is 16.1. The minimum absolute atomic E-state index is 0.408. The summed E-state index contributed by atoms with van der Waals surface area (Å²) in [5, 5.41) is 0. The van der Waals surface area contributed by atoms with Crippen molar-refractivity contribution in [1.82, 2.24) is 14.1 Å². The number of benzene rings is 2. The molecule has 1 N–H and O–H groups in total. The van der Waals surface area contributed by atoms with Crippen LogP contribution in [0.5, 0.6) is 0 Å². The molecule has 3 aromatic rings. The lowest BCUT2D eigenvalue weighted by Gasteiger charge is -2.07. The van der Waals surface area contributed by atoms with Gasteiger partial charge in [-0.3, -0.25) is 4.98 Å². The zero-order valence-corrected chi connectivity index (χ0v) is 14.0. The summed E-state index contributed by atoms with van der Waals surface area (Å²) in [6, 6.07) is 15.2. The lowest BCUT2D eigenvalue weighted by molar-refractivity contribution is 0.660. The van der Waals surface area contributed by atoms with Crippen LogP contribution in [0.2, 0.25) is 0 Å². The van der Waals surface area contributed by atoms with E-state index in [1.807, 2.05) is 43.3 Å². The van der Waals surface area contributed by atoms with Gasteiger partial charge in [0.2, 0.25) is 0 Å². The molecule has 1 aromatic heterocycles. The quantitative estimate of drug-likeness (QED) is 0.786. The lowest BCUT2D eigenvalue weighted by atomic mass is 10.2. The largest absolute Gasteiger partial charge is 0.340 e. The van der Waals surface area contributed by atoms with Crippen LogP contribution in [0.1, 0.15) is 5.56 Å². The topological polar surface area (TPSA) is 76.9 Å². The van der Waals surface area contributed by atoms with Crippen molar-refractivity contribution in [2.75, 3.05) is 0 Å². The van der Waals surface area contributed by atoms with E-state index in [9.17, 15) is 14.4 Å². The highest BCUT2D eigenvalue weighted by molar-refractivity contribution is 7.99. The maximum absolute atomic E-state index is 12.1. The van der Waals surface area contributed by atoms with Gasteiger partial charge in [-0.05, 0) is 43.3 Å². The Morgan fingerprint density at radius 1 is 0.833 bits per heavy atom. The number of aromatic amines is 1. The minimum Gasteiger partial charge on any atom is -0.258 e. The van der Waals surface area contributed by atoms with Crippen LogP contribution >= 0.6 is 11.8 Å². The molecule has 0 saturated heterocycles. The molecule has 0 unspecified atom stereocenters. The second-order valence-electron chi connectivity index (χ2n) is 5.32. The molecule has 0 aliphatic carbocycles. The summed E-state index contributed by atoms with van der Waals surface area (Å²) in [4.78, 5) is 39.6. The Balaban J connectivity index is 1.95. The van der Waals surface area contributed by atoms with Gasteiger partial charge in [-0.2, -0.15) is 0 Å². The Bertz CT molecular complexity index is 1040. The van der Waals surface area contributed by atoms with Gasteiger partial charge in [0.25, 0.3) is 0 Å². The van der Waals surface area contributed by atoms with Crippen LogP contribution in [0.25, 0.3) is 5.69 Å². The molecule has 0 aliphatic heterocycles. The van der Waals surface area contributed by atoms with Crippen LogP contribution in [-0.4, -0.2) is 14.1 Å². The molecule has 0 atom stereocenters. The van der Waals surface area contributed by atoms with E-state index in [4.69, 9.17) is 0 Å². The molecular formula is C17H15N3O3S. The van der Waals surface area contributed by atoms with Crippen molar-refractivity contribution >= 4 is 11.8 Å². The van der Waals surface area contributed by atoms with Gasteiger partial charge >= 0.3 is 17.1 Å². The van der Waals surface area contributed by atoms with Crippen LogP contribution in [0.3, 0.4) is 0 Å². The van der Waals surface area contributed by atoms with Crippen molar-refractivity contribution in [3.63, 3.8) is 0 Å². The summed E-state index contributed by atoms with van der Waals surface area (Å²) in [5.74, 6) is 0. The van der Waals surface area contributed by atoms with Crippen LogP contribution < -0.4 is 17.1 Å². The van der Waals surface area contributed by atoms with E-state index in [2.05, 4.69) is 4.98 Å². The number of aromatic nitrogens is 3. The van der Waals surface area contributed by atoms with Gasteiger partial charge in [-0.15, -0.1) is 0 Å². The van der Waals surface area contributed by atoms with Gasteiger partial charge in [-0.1, -0.05) is 29.5 Å². The molecule has 0 amide bonds. The van der Waals surface area contributed by atoms with Crippen molar-refractivity contribution in [1.29, 1.82) is 0 Å². The normalized spacial score (nSPS) is 10.8. The van der Waals surface area contributed by atoms with E-state index in [0.717, 1.165) is 18.9 Å². The van der Waals surface area contributed by atoms with Crippen molar-refractivity contribution in [3.05, 3.63) is 85.5 Å². The van der Waals surface area contributed by atoms with E-state index in [1.54, 1.807) is 23.9 Å². The Hall–Kier alpha value is -2.80. The second-order valence-corrected chi connectivity index (χ2v) is 6.47. The van der Waals surface area contributed by atoms with Crippen molar-refractivity contribution in [2.24, 2.45) is 7.05 Å². The Morgan fingerprint density at radius 3 is 1.96 bits per heavy atom. The Labute approximate surface area is 141 Å². The number of hydrogen-bond acceptors (Lipinski definition) is 4. The van der Waals surface area contributed by atoms with Gasteiger partial charge in [-0.25, -0.2) is 23.5 Å². The molecule has 0 aliphatic rings. The summed E-state index contributed by atoms with van der Waals surface area (Å²) >= 11 is 1.59. The fourth-order valence-corrected chi connectivity index (χ4v) is 3.00. The summed E-state index contributed by atoms with van der Waals surface area (Å²) in [7, 11) is 1.32. The molecule has 0 bridgehead atoms. The van der Waals surface area contributed by atoms with Crippen LogP contribution in [0.4, 0.5) is 0 Å². The number of H-pyrrole nitrogens is 1. The van der Waals surface area contributed by atoms with E-state index in [1.165, 1.54) is 12.6 Å². The molecule has 7 heteroatoms. The lowest BCUT2D eigenvalue weighted by Crippen LogP contribution is -2.47. The molecule has 2 aromatic carbocycles. The number of nitrogens with zero attached hydrogens (tertiary/aromatic N) is 2. The highest BCUT2D eigenvalue weighted by Crippen LogP contribution is 2.28. The molecule has 6 nitrogen and oxygen atoms in total. The molecule has 0 saturated carbocycles. The summed E-state index contributed by atoms with van der Waals surface area (Å²) in [6.07, 6.45) is 0. The second kappa shape index (κ2) is 6.37. The van der Waals surface area contributed by atoms with E-state index in [0.29, 0.717) is 5.69 Å². The summed E-state index contributed by atoms with van der Waals surface area (Å²) in [5.41, 5.74) is -0.550. The van der Waals surface area contributed by atoms with Crippen molar-refractivity contribution in [3.8, 4) is 5.69 Å². The highest BCUT2D eigenvalue weighted by Gasteiger charge is 2.09. The minimum atomic E-state index is -0.748. The monoisotopic (exact) mass is 341 g/mol. The van der Waals surface area contributed by atoms with E-state index < -0.39 is 17.1 Å². The van der Waals surface area contributed by atoms with Crippen LogP contribution in [-0.2, 0) is 7.05 Å².